The van der Waals surface area contributed by atoms with Crippen LogP contribution in [0.1, 0.15) is 50.9 Å². The van der Waals surface area contributed by atoms with Crippen LogP contribution < -0.4 is 10.9 Å². The summed E-state index contributed by atoms with van der Waals surface area (Å²) in [4.78, 5) is 19.7. The molecule has 0 bridgehead atoms. The van der Waals surface area contributed by atoms with Crippen LogP contribution >= 0.6 is 11.6 Å². The summed E-state index contributed by atoms with van der Waals surface area (Å²) in [6.45, 7) is 9.16. The second-order valence-corrected chi connectivity index (χ2v) is 7.64. The molecular weight excluding hydrogens is 358 g/mol. The van der Waals surface area contributed by atoms with Crippen molar-refractivity contribution in [1.82, 2.24) is 9.97 Å². The van der Waals surface area contributed by atoms with Gasteiger partial charge in [-0.1, -0.05) is 44.9 Å². The molecule has 142 valence electrons. The molecule has 0 aliphatic carbocycles. The van der Waals surface area contributed by atoms with Crippen LogP contribution in [0.4, 0.5) is 5.69 Å². The standard InChI is InChI=1S/C22H26ClN3O/c1-5-6-9-24-21-10-15(7-8-19(21)23)17-11-18-20(12-16(17)13(2)3)25-14(4)26-22(18)27/h7-8,10-13,24H,5-6,9H2,1-4H3,(H,25,26,27). The lowest BCUT2D eigenvalue weighted by Crippen LogP contribution is -2.10. The van der Waals surface area contributed by atoms with Gasteiger partial charge in [0.15, 0.2) is 0 Å². The summed E-state index contributed by atoms with van der Waals surface area (Å²) >= 11 is 6.38. The number of nitrogens with zero attached hydrogens (tertiary/aromatic N) is 1. The minimum Gasteiger partial charge on any atom is -0.384 e. The van der Waals surface area contributed by atoms with Crippen LogP contribution in [0.25, 0.3) is 22.0 Å². The number of unbranched alkanes of at least 4 members (excludes halogenated alkanes) is 1. The summed E-state index contributed by atoms with van der Waals surface area (Å²) in [5.41, 5.74) is 4.81. The number of hydrogen-bond acceptors (Lipinski definition) is 3. The van der Waals surface area contributed by atoms with Crippen LogP contribution in [-0.2, 0) is 0 Å². The van der Waals surface area contributed by atoms with Gasteiger partial charge < -0.3 is 10.3 Å². The molecular formula is C22H26ClN3O. The summed E-state index contributed by atoms with van der Waals surface area (Å²) < 4.78 is 0. The quantitative estimate of drug-likeness (QED) is 0.522. The fraction of sp³-hybridized carbons (Fsp3) is 0.364. The number of aryl methyl sites for hydroxylation is 1. The Balaban J connectivity index is 2.16. The number of aromatic amines is 1. The van der Waals surface area contributed by atoms with E-state index in [4.69, 9.17) is 11.6 Å². The summed E-state index contributed by atoms with van der Waals surface area (Å²) in [7, 11) is 0. The Kier molecular flexibility index (Phi) is 5.85. The summed E-state index contributed by atoms with van der Waals surface area (Å²) in [5, 5.41) is 4.73. The molecule has 3 aromatic rings. The average molecular weight is 384 g/mol. The number of nitrogens with one attached hydrogen (secondary N) is 2. The fourth-order valence-corrected chi connectivity index (χ4v) is 3.46. The monoisotopic (exact) mass is 383 g/mol. The van der Waals surface area contributed by atoms with E-state index in [1.165, 1.54) is 5.56 Å². The first kappa shape index (κ1) is 19.4. The molecule has 0 amide bonds. The predicted molar refractivity (Wildman–Crippen MR) is 115 cm³/mol. The van der Waals surface area contributed by atoms with Gasteiger partial charge in [-0.25, -0.2) is 4.98 Å². The van der Waals surface area contributed by atoms with E-state index in [0.717, 1.165) is 41.7 Å². The van der Waals surface area contributed by atoms with Crippen molar-refractivity contribution in [3.05, 3.63) is 57.1 Å². The van der Waals surface area contributed by atoms with Gasteiger partial charge in [0.1, 0.15) is 5.82 Å². The van der Waals surface area contributed by atoms with Crippen molar-refractivity contribution in [2.24, 2.45) is 0 Å². The normalized spacial score (nSPS) is 11.3. The van der Waals surface area contributed by atoms with Crippen molar-refractivity contribution in [3.8, 4) is 11.1 Å². The van der Waals surface area contributed by atoms with E-state index in [2.05, 4.69) is 42.1 Å². The second kappa shape index (κ2) is 8.13. The van der Waals surface area contributed by atoms with Crippen molar-refractivity contribution in [2.75, 3.05) is 11.9 Å². The highest BCUT2D eigenvalue weighted by atomic mass is 35.5. The number of rotatable bonds is 6. The number of hydrogen-bond donors (Lipinski definition) is 2. The number of halogens is 1. The van der Waals surface area contributed by atoms with Gasteiger partial charge in [-0.2, -0.15) is 0 Å². The van der Waals surface area contributed by atoms with E-state index in [9.17, 15) is 4.79 Å². The van der Waals surface area contributed by atoms with Crippen LogP contribution in [0.2, 0.25) is 5.02 Å². The molecule has 1 aromatic heterocycles. The lowest BCUT2D eigenvalue weighted by atomic mass is 9.91. The fourth-order valence-electron chi connectivity index (χ4n) is 3.27. The van der Waals surface area contributed by atoms with Gasteiger partial charge >= 0.3 is 0 Å². The maximum atomic E-state index is 12.4. The SMILES string of the molecule is CCCCNc1cc(-c2cc3c(=O)[nH]c(C)nc3cc2C(C)C)ccc1Cl. The zero-order valence-electron chi connectivity index (χ0n) is 16.3. The number of aromatic nitrogens is 2. The van der Waals surface area contributed by atoms with Crippen molar-refractivity contribution >= 4 is 28.2 Å². The Morgan fingerprint density at radius 2 is 2.00 bits per heavy atom. The molecule has 0 spiro atoms. The largest absolute Gasteiger partial charge is 0.384 e. The molecule has 0 unspecified atom stereocenters. The maximum absolute atomic E-state index is 12.4. The van der Waals surface area contributed by atoms with Crippen molar-refractivity contribution in [1.29, 1.82) is 0 Å². The van der Waals surface area contributed by atoms with Gasteiger partial charge in [-0.3, -0.25) is 4.79 Å². The van der Waals surface area contributed by atoms with Crippen LogP contribution in [0.5, 0.6) is 0 Å². The molecule has 4 nitrogen and oxygen atoms in total. The molecule has 2 N–H and O–H groups in total. The van der Waals surface area contributed by atoms with Crippen LogP contribution in [0, 0.1) is 6.92 Å². The molecule has 0 saturated heterocycles. The Morgan fingerprint density at radius 3 is 2.70 bits per heavy atom. The van der Waals surface area contributed by atoms with Crippen LogP contribution in [0.15, 0.2) is 35.1 Å². The average Bonchev–Trinajstić information content (AvgIpc) is 2.62. The number of H-pyrrole nitrogens is 1. The third-order valence-electron chi connectivity index (χ3n) is 4.74. The minimum absolute atomic E-state index is 0.107. The van der Waals surface area contributed by atoms with E-state index in [-0.39, 0.29) is 5.56 Å². The topological polar surface area (TPSA) is 57.8 Å². The third kappa shape index (κ3) is 4.16. The Labute approximate surface area is 165 Å². The van der Waals surface area contributed by atoms with E-state index in [0.29, 0.717) is 22.2 Å². The molecule has 3 rings (SSSR count). The zero-order chi connectivity index (χ0) is 19.6. The number of fused-ring (bicyclic) bond motifs is 1. The summed E-state index contributed by atoms with van der Waals surface area (Å²) in [6.07, 6.45) is 2.22. The molecule has 0 aliphatic heterocycles. The van der Waals surface area contributed by atoms with Gasteiger partial charge in [0.25, 0.3) is 5.56 Å². The zero-order valence-corrected chi connectivity index (χ0v) is 17.1. The summed E-state index contributed by atoms with van der Waals surface area (Å²) in [5.74, 6) is 0.932. The number of benzene rings is 2. The molecule has 0 aliphatic rings. The molecule has 5 heteroatoms. The van der Waals surface area contributed by atoms with E-state index >= 15 is 0 Å². The van der Waals surface area contributed by atoms with E-state index in [1.807, 2.05) is 24.3 Å². The predicted octanol–water partition coefficient (Wildman–Crippen LogP) is 5.89. The lowest BCUT2D eigenvalue weighted by Gasteiger charge is -2.16. The van der Waals surface area contributed by atoms with E-state index < -0.39 is 0 Å². The highest BCUT2D eigenvalue weighted by Crippen LogP contribution is 2.35. The molecule has 0 atom stereocenters. The number of anilines is 1. The molecule has 2 aromatic carbocycles. The first-order chi connectivity index (χ1) is 12.9. The molecule has 27 heavy (non-hydrogen) atoms. The molecule has 0 saturated carbocycles. The van der Waals surface area contributed by atoms with Gasteiger partial charge in [0, 0.05) is 6.54 Å². The van der Waals surface area contributed by atoms with Gasteiger partial charge in [-0.15, -0.1) is 0 Å². The lowest BCUT2D eigenvalue weighted by molar-refractivity contribution is 0.834. The van der Waals surface area contributed by atoms with Crippen molar-refractivity contribution in [2.45, 2.75) is 46.5 Å². The van der Waals surface area contributed by atoms with Crippen LogP contribution in [-0.4, -0.2) is 16.5 Å². The van der Waals surface area contributed by atoms with Crippen LogP contribution in [0.3, 0.4) is 0 Å². The smallest absolute Gasteiger partial charge is 0.258 e. The Bertz CT molecular complexity index is 1020. The molecule has 0 fully saturated rings. The van der Waals surface area contributed by atoms with Crippen molar-refractivity contribution < 1.29 is 0 Å². The molecule has 0 radical (unpaired) electrons. The first-order valence-corrected chi connectivity index (χ1v) is 9.87. The Hall–Kier alpha value is -2.33. The molecule has 1 heterocycles. The van der Waals surface area contributed by atoms with E-state index in [1.54, 1.807) is 6.92 Å². The maximum Gasteiger partial charge on any atom is 0.258 e. The Morgan fingerprint density at radius 1 is 1.22 bits per heavy atom. The second-order valence-electron chi connectivity index (χ2n) is 7.24. The van der Waals surface area contributed by atoms with Gasteiger partial charge in [0.05, 0.1) is 21.6 Å². The van der Waals surface area contributed by atoms with Gasteiger partial charge in [-0.05, 0) is 60.2 Å². The minimum atomic E-state index is -0.107. The van der Waals surface area contributed by atoms with Crippen molar-refractivity contribution in [3.63, 3.8) is 0 Å². The third-order valence-corrected chi connectivity index (χ3v) is 5.07. The first-order valence-electron chi connectivity index (χ1n) is 9.49. The highest BCUT2D eigenvalue weighted by Gasteiger charge is 2.14. The van der Waals surface area contributed by atoms with Gasteiger partial charge in [0.2, 0.25) is 0 Å². The summed E-state index contributed by atoms with van der Waals surface area (Å²) in [6, 6.07) is 9.99. The highest BCUT2D eigenvalue weighted by molar-refractivity contribution is 6.33.